The number of carbonyl (C=O) groups is 1. The second-order valence-corrected chi connectivity index (χ2v) is 9.48. The molecule has 3 aromatic rings. The molecule has 2 aliphatic heterocycles. The number of nitrogens with zero attached hydrogens (tertiary/aromatic N) is 5. The van der Waals surface area contributed by atoms with Gasteiger partial charge >= 0.3 is 0 Å². The van der Waals surface area contributed by atoms with E-state index >= 15 is 0 Å². The average molecular weight is 426 g/mol. The molecule has 4 heterocycles. The van der Waals surface area contributed by atoms with Gasteiger partial charge in [-0.3, -0.25) is 4.79 Å². The highest BCUT2D eigenvalue weighted by molar-refractivity contribution is 7.17. The summed E-state index contributed by atoms with van der Waals surface area (Å²) in [6.45, 7) is 3.75. The Morgan fingerprint density at radius 3 is 2.80 bits per heavy atom. The van der Waals surface area contributed by atoms with Crippen LogP contribution in [-0.4, -0.2) is 72.2 Å². The van der Waals surface area contributed by atoms with Crippen molar-refractivity contribution in [3.63, 3.8) is 0 Å². The summed E-state index contributed by atoms with van der Waals surface area (Å²) in [6.07, 6.45) is 6.47. The van der Waals surface area contributed by atoms with Crippen LogP contribution in [0.15, 0.2) is 28.9 Å². The third kappa shape index (κ3) is 3.58. The minimum atomic E-state index is 0.0586. The number of benzene rings is 1. The number of carbonyl (C=O) groups excluding carboxylic acids is 1. The molecule has 2 saturated heterocycles. The molecule has 2 fully saturated rings. The van der Waals surface area contributed by atoms with E-state index in [-0.39, 0.29) is 5.91 Å². The quantitative estimate of drug-likeness (QED) is 0.635. The zero-order valence-corrected chi connectivity index (χ0v) is 18.3. The van der Waals surface area contributed by atoms with Crippen LogP contribution in [0, 0.1) is 0 Å². The zero-order chi connectivity index (χ0) is 20.7. The van der Waals surface area contributed by atoms with Crippen LogP contribution in [0.4, 0.5) is 5.69 Å². The normalized spacial score (nSPS) is 19.9. The minimum Gasteiger partial charge on any atom is -0.371 e. The third-order valence-electron chi connectivity index (χ3n) is 6.28. The van der Waals surface area contributed by atoms with Crippen LogP contribution < -0.4 is 4.90 Å². The number of aromatic nitrogens is 2. The molecule has 1 atom stereocenters. The van der Waals surface area contributed by atoms with Crippen molar-refractivity contribution < 1.29 is 9.32 Å². The molecule has 0 N–H and O–H groups in total. The first-order valence-corrected chi connectivity index (χ1v) is 11.5. The first kappa shape index (κ1) is 19.5. The van der Waals surface area contributed by atoms with E-state index in [4.69, 9.17) is 4.52 Å². The van der Waals surface area contributed by atoms with Gasteiger partial charge in [0, 0.05) is 44.0 Å². The van der Waals surface area contributed by atoms with Crippen molar-refractivity contribution in [2.75, 3.05) is 45.2 Å². The molecule has 0 radical (unpaired) electrons. The van der Waals surface area contributed by atoms with Gasteiger partial charge < -0.3 is 19.2 Å². The molecule has 0 aliphatic carbocycles. The summed E-state index contributed by atoms with van der Waals surface area (Å²) in [5.41, 5.74) is 2.67. The lowest BCUT2D eigenvalue weighted by Gasteiger charge is -2.28. The van der Waals surface area contributed by atoms with E-state index in [1.165, 1.54) is 36.3 Å². The van der Waals surface area contributed by atoms with Crippen molar-refractivity contribution in [3.05, 3.63) is 29.3 Å². The number of thiazole rings is 1. The van der Waals surface area contributed by atoms with Crippen molar-refractivity contribution in [1.82, 2.24) is 19.9 Å². The highest BCUT2D eigenvalue weighted by atomic mass is 32.1. The molecular formula is C22H27N5O2S. The van der Waals surface area contributed by atoms with E-state index in [0.717, 1.165) is 48.6 Å². The molecule has 1 amide bonds. The summed E-state index contributed by atoms with van der Waals surface area (Å²) in [6, 6.07) is 6.70. The maximum atomic E-state index is 12.9. The molecule has 158 valence electrons. The van der Waals surface area contributed by atoms with Crippen LogP contribution in [0.2, 0.25) is 0 Å². The highest BCUT2D eigenvalue weighted by Crippen LogP contribution is 2.34. The van der Waals surface area contributed by atoms with Gasteiger partial charge in [-0.25, -0.2) is 4.98 Å². The van der Waals surface area contributed by atoms with E-state index < -0.39 is 0 Å². The van der Waals surface area contributed by atoms with Crippen molar-refractivity contribution >= 4 is 33.9 Å². The average Bonchev–Trinajstić information content (AvgIpc) is 3.52. The topological polar surface area (TPSA) is 65.7 Å². The van der Waals surface area contributed by atoms with Gasteiger partial charge in [0.2, 0.25) is 0 Å². The smallest absolute Gasteiger partial charge is 0.265 e. The molecule has 0 saturated carbocycles. The van der Waals surface area contributed by atoms with Crippen LogP contribution in [0.25, 0.3) is 21.7 Å². The maximum absolute atomic E-state index is 12.9. The first-order valence-electron chi connectivity index (χ1n) is 10.7. The molecule has 1 aromatic carbocycles. The summed E-state index contributed by atoms with van der Waals surface area (Å²) in [4.78, 5) is 24.6. The molecule has 5 rings (SSSR count). The molecule has 0 bridgehead atoms. The largest absolute Gasteiger partial charge is 0.371 e. The van der Waals surface area contributed by atoms with Gasteiger partial charge in [-0.05, 0) is 51.9 Å². The number of likely N-dealkylation sites (tertiary alicyclic amines) is 1. The molecule has 2 aliphatic rings. The van der Waals surface area contributed by atoms with Crippen LogP contribution in [0.5, 0.6) is 0 Å². The van der Waals surface area contributed by atoms with Crippen molar-refractivity contribution in [1.29, 1.82) is 0 Å². The number of hydrogen-bond donors (Lipinski definition) is 0. The standard InChI is InChI=1S/C22H27N5O2S/c1-25(2)16-8-11-27(14-16)22(28)19-13-23-21(30-19)20-17-7-6-15(12-18(17)29-24-20)26-9-4-3-5-10-26/h6-7,12-13,16H,3-5,8-11,14H2,1-2H3. The molecule has 8 heteroatoms. The van der Waals surface area contributed by atoms with Crippen LogP contribution in [-0.2, 0) is 0 Å². The summed E-state index contributed by atoms with van der Waals surface area (Å²) in [7, 11) is 4.13. The Hall–Kier alpha value is -2.45. The van der Waals surface area contributed by atoms with Gasteiger partial charge in [0.1, 0.15) is 15.6 Å². The molecule has 2 aromatic heterocycles. The third-order valence-corrected chi connectivity index (χ3v) is 7.27. The number of hydrogen-bond acceptors (Lipinski definition) is 7. The molecule has 0 spiro atoms. The van der Waals surface area contributed by atoms with Crippen molar-refractivity contribution in [3.8, 4) is 10.7 Å². The number of amides is 1. The predicted molar refractivity (Wildman–Crippen MR) is 119 cm³/mol. The fourth-order valence-corrected chi connectivity index (χ4v) is 5.29. The Balaban J connectivity index is 1.36. The van der Waals surface area contributed by atoms with Gasteiger partial charge in [-0.15, -0.1) is 11.3 Å². The number of likely N-dealkylation sites (N-methyl/N-ethyl adjacent to an activating group) is 1. The molecule has 30 heavy (non-hydrogen) atoms. The minimum absolute atomic E-state index is 0.0586. The maximum Gasteiger partial charge on any atom is 0.265 e. The van der Waals surface area contributed by atoms with Crippen LogP contribution >= 0.6 is 11.3 Å². The van der Waals surface area contributed by atoms with Crippen molar-refractivity contribution in [2.45, 2.75) is 31.7 Å². The highest BCUT2D eigenvalue weighted by Gasteiger charge is 2.29. The summed E-state index contributed by atoms with van der Waals surface area (Å²) < 4.78 is 5.63. The van der Waals surface area contributed by atoms with Crippen LogP contribution in [0.1, 0.15) is 35.4 Å². The second-order valence-electron chi connectivity index (χ2n) is 8.45. The molecule has 7 nitrogen and oxygen atoms in total. The SMILES string of the molecule is CN(C)C1CCN(C(=O)c2cnc(-c3noc4cc(N5CCCCC5)ccc34)s2)C1. The number of piperidine rings is 1. The van der Waals surface area contributed by atoms with Gasteiger partial charge in [-0.1, -0.05) is 5.16 Å². The van der Waals surface area contributed by atoms with Gasteiger partial charge in [0.05, 0.1) is 11.6 Å². The lowest BCUT2D eigenvalue weighted by Crippen LogP contribution is -2.34. The fraction of sp³-hybridized carbons (Fsp3) is 0.500. The Labute approximate surface area is 180 Å². The Kier molecular flexibility index (Phi) is 5.20. The molecular weight excluding hydrogens is 398 g/mol. The second kappa shape index (κ2) is 8.00. The zero-order valence-electron chi connectivity index (χ0n) is 17.5. The Bertz CT molecular complexity index is 1050. The van der Waals surface area contributed by atoms with Gasteiger partial charge in [0.25, 0.3) is 5.91 Å². The van der Waals surface area contributed by atoms with E-state index in [2.05, 4.69) is 52.2 Å². The van der Waals surface area contributed by atoms with Crippen molar-refractivity contribution in [2.24, 2.45) is 0 Å². The number of fused-ring (bicyclic) bond motifs is 1. The summed E-state index contributed by atoms with van der Waals surface area (Å²) in [5, 5.41) is 5.95. The van der Waals surface area contributed by atoms with E-state index in [9.17, 15) is 4.79 Å². The number of anilines is 1. The Morgan fingerprint density at radius 1 is 1.20 bits per heavy atom. The van der Waals surface area contributed by atoms with E-state index in [1.807, 2.05) is 4.90 Å². The van der Waals surface area contributed by atoms with Gasteiger partial charge in [-0.2, -0.15) is 0 Å². The fourth-order valence-electron chi connectivity index (χ4n) is 4.42. The summed E-state index contributed by atoms with van der Waals surface area (Å²) >= 11 is 1.39. The Morgan fingerprint density at radius 2 is 2.03 bits per heavy atom. The van der Waals surface area contributed by atoms with Crippen LogP contribution in [0.3, 0.4) is 0 Å². The monoisotopic (exact) mass is 425 g/mol. The van der Waals surface area contributed by atoms with Gasteiger partial charge in [0.15, 0.2) is 5.58 Å². The van der Waals surface area contributed by atoms with E-state index in [0.29, 0.717) is 16.6 Å². The number of rotatable bonds is 4. The first-order chi connectivity index (χ1) is 14.6. The summed E-state index contributed by atoms with van der Waals surface area (Å²) in [5.74, 6) is 0.0586. The van der Waals surface area contributed by atoms with E-state index in [1.54, 1.807) is 6.20 Å². The predicted octanol–water partition coefficient (Wildman–Crippen LogP) is 3.72. The molecule has 1 unspecified atom stereocenters. The lowest BCUT2D eigenvalue weighted by molar-refractivity contribution is 0.0787. The lowest BCUT2D eigenvalue weighted by atomic mass is 10.1.